The van der Waals surface area contributed by atoms with Crippen LogP contribution in [0.2, 0.25) is 0 Å². The molecular weight excluding hydrogens is 348 g/mol. The lowest BCUT2D eigenvalue weighted by molar-refractivity contribution is -0.116. The predicted molar refractivity (Wildman–Crippen MR) is 110 cm³/mol. The topological polar surface area (TPSA) is 50.4 Å². The maximum Gasteiger partial charge on any atom is 0.227 e. The first-order chi connectivity index (χ1) is 12.0. The molecule has 0 radical (unpaired) electrons. The van der Waals surface area contributed by atoms with Gasteiger partial charge in [-0.05, 0) is 61.7 Å². The number of rotatable bonds is 8. The third-order valence-electron chi connectivity index (χ3n) is 4.21. The minimum atomic E-state index is -0.0361. The highest BCUT2D eigenvalue weighted by Crippen LogP contribution is 2.23. The second kappa shape index (κ2) is 10.8. The first-order valence-corrected chi connectivity index (χ1v) is 8.80. The van der Waals surface area contributed by atoms with E-state index in [0.29, 0.717) is 13.0 Å². The van der Waals surface area contributed by atoms with Gasteiger partial charge in [0.2, 0.25) is 5.91 Å². The molecule has 2 aromatic carbocycles. The minimum absolute atomic E-state index is 0. The standard InChI is InChI=1S/C21H28N2O2.ClH/c1-5-22-14-18-8-6-7-9-19(18)23-21(24)10-11-25-20-13-15(2)12-16(3)17(20)4;/h6-9,12-13,22H,5,10-11,14H2,1-4H3,(H,23,24);1H. The summed E-state index contributed by atoms with van der Waals surface area (Å²) in [6, 6.07) is 12.0. The normalized spacial score (nSPS) is 10.2. The van der Waals surface area contributed by atoms with Gasteiger partial charge in [0.05, 0.1) is 13.0 Å². The van der Waals surface area contributed by atoms with E-state index in [2.05, 4.69) is 30.5 Å². The van der Waals surface area contributed by atoms with E-state index in [1.54, 1.807) is 0 Å². The Balaban J connectivity index is 0.00000338. The molecule has 0 bridgehead atoms. The van der Waals surface area contributed by atoms with Crippen LogP contribution in [0.3, 0.4) is 0 Å². The highest BCUT2D eigenvalue weighted by molar-refractivity contribution is 5.91. The zero-order chi connectivity index (χ0) is 18.2. The number of amides is 1. The molecule has 26 heavy (non-hydrogen) atoms. The predicted octanol–water partition coefficient (Wildman–Crippen LogP) is 4.55. The molecule has 4 nitrogen and oxygen atoms in total. The van der Waals surface area contributed by atoms with Crippen molar-refractivity contribution in [2.45, 2.75) is 40.7 Å². The Kier molecular flexibility index (Phi) is 9.17. The van der Waals surface area contributed by atoms with Gasteiger partial charge in [0.1, 0.15) is 5.75 Å². The average Bonchev–Trinajstić information content (AvgIpc) is 2.58. The van der Waals surface area contributed by atoms with Crippen LogP contribution in [0.1, 0.15) is 35.6 Å². The molecule has 0 spiro atoms. The molecule has 142 valence electrons. The quantitative estimate of drug-likeness (QED) is 0.710. The number of benzene rings is 2. The summed E-state index contributed by atoms with van der Waals surface area (Å²) in [7, 11) is 0. The SMILES string of the molecule is CCNCc1ccccc1NC(=O)CCOc1cc(C)cc(C)c1C.Cl. The van der Waals surface area contributed by atoms with Gasteiger partial charge < -0.3 is 15.4 Å². The van der Waals surface area contributed by atoms with Gasteiger partial charge in [-0.25, -0.2) is 0 Å². The molecule has 0 aliphatic carbocycles. The van der Waals surface area contributed by atoms with Crippen molar-refractivity contribution in [2.75, 3.05) is 18.5 Å². The number of carbonyl (C=O) groups is 1. The van der Waals surface area contributed by atoms with Crippen LogP contribution in [0.5, 0.6) is 5.75 Å². The number of nitrogens with one attached hydrogen (secondary N) is 2. The fraction of sp³-hybridized carbons (Fsp3) is 0.381. The second-order valence-electron chi connectivity index (χ2n) is 6.29. The molecule has 0 aromatic heterocycles. The summed E-state index contributed by atoms with van der Waals surface area (Å²) < 4.78 is 5.83. The fourth-order valence-electron chi connectivity index (χ4n) is 2.67. The van der Waals surface area contributed by atoms with Gasteiger partial charge in [-0.3, -0.25) is 4.79 Å². The zero-order valence-corrected chi connectivity index (χ0v) is 16.8. The first-order valence-electron chi connectivity index (χ1n) is 8.80. The van der Waals surface area contributed by atoms with E-state index in [1.807, 2.05) is 44.2 Å². The van der Waals surface area contributed by atoms with Crippen LogP contribution in [0, 0.1) is 20.8 Å². The molecule has 0 saturated carbocycles. The molecule has 5 heteroatoms. The molecule has 2 aromatic rings. The first kappa shape index (κ1) is 22.0. The lowest BCUT2D eigenvalue weighted by atomic mass is 10.1. The lowest BCUT2D eigenvalue weighted by Gasteiger charge is -2.13. The van der Waals surface area contributed by atoms with Gasteiger partial charge in [-0.15, -0.1) is 12.4 Å². The van der Waals surface area contributed by atoms with Crippen LogP contribution in [0.4, 0.5) is 5.69 Å². The van der Waals surface area contributed by atoms with Crippen molar-refractivity contribution in [3.8, 4) is 5.75 Å². The number of ether oxygens (including phenoxy) is 1. The van der Waals surface area contributed by atoms with Crippen molar-refractivity contribution in [2.24, 2.45) is 0 Å². The van der Waals surface area contributed by atoms with Gasteiger partial charge in [-0.2, -0.15) is 0 Å². The Morgan fingerprint density at radius 2 is 1.85 bits per heavy atom. The van der Waals surface area contributed by atoms with Crippen LogP contribution < -0.4 is 15.4 Å². The summed E-state index contributed by atoms with van der Waals surface area (Å²) in [4.78, 5) is 12.2. The molecule has 0 heterocycles. The van der Waals surface area contributed by atoms with E-state index in [-0.39, 0.29) is 18.3 Å². The van der Waals surface area contributed by atoms with Crippen molar-refractivity contribution < 1.29 is 9.53 Å². The van der Waals surface area contributed by atoms with E-state index in [9.17, 15) is 4.79 Å². The minimum Gasteiger partial charge on any atom is -0.493 e. The van der Waals surface area contributed by atoms with Crippen LogP contribution in [-0.4, -0.2) is 19.1 Å². The van der Waals surface area contributed by atoms with Gasteiger partial charge >= 0.3 is 0 Å². The molecule has 0 saturated heterocycles. The van der Waals surface area contributed by atoms with Crippen LogP contribution in [-0.2, 0) is 11.3 Å². The highest BCUT2D eigenvalue weighted by Gasteiger charge is 2.08. The molecule has 0 atom stereocenters. The van der Waals surface area contributed by atoms with Crippen LogP contribution in [0.15, 0.2) is 36.4 Å². The van der Waals surface area contributed by atoms with Crippen molar-refractivity contribution in [1.29, 1.82) is 0 Å². The van der Waals surface area contributed by atoms with Gasteiger partial charge in [-0.1, -0.05) is 31.2 Å². The Morgan fingerprint density at radius 1 is 1.12 bits per heavy atom. The molecule has 0 unspecified atom stereocenters. The van der Waals surface area contributed by atoms with E-state index in [0.717, 1.165) is 35.7 Å². The van der Waals surface area contributed by atoms with E-state index in [1.165, 1.54) is 11.1 Å². The molecule has 2 N–H and O–H groups in total. The van der Waals surface area contributed by atoms with Crippen molar-refractivity contribution in [3.63, 3.8) is 0 Å². The summed E-state index contributed by atoms with van der Waals surface area (Å²) >= 11 is 0. The van der Waals surface area contributed by atoms with E-state index >= 15 is 0 Å². The summed E-state index contributed by atoms with van der Waals surface area (Å²) in [5.74, 6) is 0.823. The number of hydrogen-bond acceptors (Lipinski definition) is 3. The fourth-order valence-corrected chi connectivity index (χ4v) is 2.67. The average molecular weight is 377 g/mol. The summed E-state index contributed by atoms with van der Waals surface area (Å²) in [6.45, 7) is 10.2. The monoisotopic (exact) mass is 376 g/mol. The van der Waals surface area contributed by atoms with E-state index in [4.69, 9.17) is 4.74 Å². The second-order valence-corrected chi connectivity index (χ2v) is 6.29. The van der Waals surface area contributed by atoms with Crippen LogP contribution in [0.25, 0.3) is 0 Å². The van der Waals surface area contributed by atoms with Gasteiger partial charge in [0.25, 0.3) is 0 Å². The molecule has 0 aliphatic rings. The van der Waals surface area contributed by atoms with Crippen molar-refractivity contribution in [3.05, 3.63) is 58.7 Å². The highest BCUT2D eigenvalue weighted by atomic mass is 35.5. The molecule has 2 rings (SSSR count). The Labute approximate surface area is 162 Å². The smallest absolute Gasteiger partial charge is 0.227 e. The number of para-hydroxylation sites is 1. The maximum absolute atomic E-state index is 12.2. The Bertz CT molecular complexity index is 732. The Morgan fingerprint density at radius 3 is 2.58 bits per heavy atom. The molecule has 0 fully saturated rings. The van der Waals surface area contributed by atoms with Crippen molar-refractivity contribution in [1.82, 2.24) is 5.32 Å². The number of halogens is 1. The molecule has 1 amide bonds. The summed E-state index contributed by atoms with van der Waals surface area (Å²) in [6.07, 6.45) is 0.321. The number of carbonyl (C=O) groups excluding carboxylic acids is 1. The summed E-state index contributed by atoms with van der Waals surface area (Å²) in [5.41, 5.74) is 5.44. The molecule has 0 aliphatic heterocycles. The number of hydrogen-bond donors (Lipinski definition) is 2. The van der Waals surface area contributed by atoms with Crippen molar-refractivity contribution >= 4 is 24.0 Å². The Hall–Kier alpha value is -2.04. The van der Waals surface area contributed by atoms with Gasteiger partial charge in [0.15, 0.2) is 0 Å². The zero-order valence-electron chi connectivity index (χ0n) is 16.0. The van der Waals surface area contributed by atoms with E-state index < -0.39 is 0 Å². The third kappa shape index (κ3) is 6.36. The maximum atomic E-state index is 12.2. The summed E-state index contributed by atoms with van der Waals surface area (Å²) in [5, 5.41) is 6.27. The van der Waals surface area contributed by atoms with Crippen LogP contribution >= 0.6 is 12.4 Å². The lowest BCUT2D eigenvalue weighted by Crippen LogP contribution is -2.18. The third-order valence-corrected chi connectivity index (χ3v) is 4.21. The number of anilines is 1. The largest absolute Gasteiger partial charge is 0.493 e. The van der Waals surface area contributed by atoms with Gasteiger partial charge in [0, 0.05) is 12.2 Å². The number of aryl methyl sites for hydroxylation is 2. The molecular formula is C21H29ClN2O2.